The van der Waals surface area contributed by atoms with Gasteiger partial charge < -0.3 is 10.4 Å². The maximum absolute atomic E-state index is 12.2. The number of halogens is 1. The van der Waals surface area contributed by atoms with E-state index in [0.717, 1.165) is 10.1 Å². The van der Waals surface area contributed by atoms with Crippen molar-refractivity contribution in [1.82, 2.24) is 5.32 Å². The van der Waals surface area contributed by atoms with Crippen LogP contribution < -0.4 is 5.32 Å². The predicted octanol–water partition coefficient (Wildman–Crippen LogP) is 3.93. The molecule has 1 heterocycles. The Bertz CT molecular complexity index is 668. The van der Waals surface area contributed by atoms with E-state index in [9.17, 15) is 9.59 Å². The monoisotopic (exact) mass is 325 g/mol. The van der Waals surface area contributed by atoms with E-state index in [1.54, 1.807) is 0 Å². The highest BCUT2D eigenvalue weighted by Crippen LogP contribution is 2.35. The highest BCUT2D eigenvalue weighted by Gasteiger charge is 2.18. The summed E-state index contributed by atoms with van der Waals surface area (Å²) < 4.78 is 0.978. The van der Waals surface area contributed by atoms with Crippen molar-refractivity contribution >= 4 is 44.9 Å². The Labute approximate surface area is 131 Å². The van der Waals surface area contributed by atoms with Gasteiger partial charge in [-0.2, -0.15) is 0 Å². The first-order valence-corrected chi connectivity index (χ1v) is 7.88. The van der Waals surface area contributed by atoms with Gasteiger partial charge in [-0.05, 0) is 25.8 Å². The first-order valence-electron chi connectivity index (χ1n) is 6.68. The lowest BCUT2D eigenvalue weighted by Crippen LogP contribution is -2.32. The molecule has 0 saturated heterocycles. The molecule has 112 valence electrons. The molecule has 0 aliphatic carbocycles. The molecule has 0 saturated carbocycles. The van der Waals surface area contributed by atoms with Gasteiger partial charge in [0, 0.05) is 22.5 Å². The minimum atomic E-state index is -0.818. The van der Waals surface area contributed by atoms with Gasteiger partial charge >= 0.3 is 5.97 Å². The molecule has 6 heteroatoms. The molecule has 2 N–H and O–H groups in total. The number of benzene rings is 1. The zero-order chi connectivity index (χ0) is 15.4. The van der Waals surface area contributed by atoms with Crippen LogP contribution in [0.2, 0.25) is 5.02 Å². The number of amides is 1. The molecule has 0 aliphatic rings. The van der Waals surface area contributed by atoms with E-state index in [1.807, 2.05) is 31.2 Å². The average molecular weight is 326 g/mol. The van der Waals surface area contributed by atoms with E-state index < -0.39 is 5.97 Å². The molecule has 0 fully saturated rings. The lowest BCUT2D eigenvalue weighted by Gasteiger charge is -2.12. The molecule has 21 heavy (non-hydrogen) atoms. The number of aliphatic carboxylic acids is 1. The molecule has 4 nitrogen and oxygen atoms in total. The molecule has 1 atom stereocenters. The van der Waals surface area contributed by atoms with Crippen molar-refractivity contribution in [3.05, 3.63) is 34.2 Å². The highest BCUT2D eigenvalue weighted by molar-refractivity contribution is 7.21. The normalized spacial score (nSPS) is 12.3. The quantitative estimate of drug-likeness (QED) is 0.845. The Morgan fingerprint density at radius 3 is 2.76 bits per heavy atom. The number of fused-ring (bicyclic) bond motifs is 1. The molecule has 0 spiro atoms. The zero-order valence-corrected chi connectivity index (χ0v) is 13.1. The third kappa shape index (κ3) is 3.95. The molecule has 1 amide bonds. The van der Waals surface area contributed by atoms with E-state index >= 15 is 0 Å². The minimum Gasteiger partial charge on any atom is -0.481 e. The first kappa shape index (κ1) is 15.8. The second kappa shape index (κ2) is 6.91. The summed E-state index contributed by atoms with van der Waals surface area (Å²) in [5.41, 5.74) is 0. The van der Waals surface area contributed by atoms with Gasteiger partial charge in [0.2, 0.25) is 0 Å². The predicted molar refractivity (Wildman–Crippen MR) is 85.3 cm³/mol. The number of carbonyl (C=O) groups is 2. The van der Waals surface area contributed by atoms with Crippen molar-refractivity contribution in [1.29, 1.82) is 0 Å². The van der Waals surface area contributed by atoms with Crippen LogP contribution in [0.15, 0.2) is 24.3 Å². The largest absolute Gasteiger partial charge is 0.481 e. The lowest BCUT2D eigenvalue weighted by atomic mass is 10.1. The van der Waals surface area contributed by atoms with Crippen LogP contribution in [0.3, 0.4) is 0 Å². The molecular formula is C15H16ClNO3S. The summed E-state index contributed by atoms with van der Waals surface area (Å²) in [5, 5.41) is 12.8. The second-order valence-corrected chi connectivity index (χ2v) is 6.33. The number of carboxylic acid groups (broad SMARTS) is 1. The fraction of sp³-hybridized carbons (Fsp3) is 0.333. The summed E-state index contributed by atoms with van der Waals surface area (Å²) in [6.07, 6.45) is 1.28. The number of carboxylic acids is 1. The third-order valence-corrected chi connectivity index (χ3v) is 4.82. The van der Waals surface area contributed by atoms with Gasteiger partial charge in [-0.25, -0.2) is 0 Å². The van der Waals surface area contributed by atoms with E-state index in [0.29, 0.717) is 22.7 Å². The molecule has 2 aromatic rings. The summed E-state index contributed by atoms with van der Waals surface area (Å²) in [5.74, 6) is -1.02. The van der Waals surface area contributed by atoms with Gasteiger partial charge in [-0.1, -0.05) is 29.8 Å². The van der Waals surface area contributed by atoms with Crippen LogP contribution in [-0.4, -0.2) is 23.0 Å². The molecule has 1 aromatic heterocycles. The maximum Gasteiger partial charge on any atom is 0.303 e. The summed E-state index contributed by atoms with van der Waals surface area (Å²) in [7, 11) is 0. The van der Waals surface area contributed by atoms with Crippen LogP contribution in [-0.2, 0) is 4.79 Å². The van der Waals surface area contributed by atoms with Gasteiger partial charge in [-0.15, -0.1) is 11.3 Å². The zero-order valence-electron chi connectivity index (χ0n) is 11.6. The van der Waals surface area contributed by atoms with Gasteiger partial charge in [0.15, 0.2) is 0 Å². The molecule has 1 aromatic carbocycles. The third-order valence-electron chi connectivity index (χ3n) is 3.15. The summed E-state index contributed by atoms with van der Waals surface area (Å²) in [6, 6.07) is 7.53. The number of thiophene rings is 1. The Morgan fingerprint density at radius 1 is 1.38 bits per heavy atom. The van der Waals surface area contributed by atoms with Crippen molar-refractivity contribution in [2.24, 2.45) is 0 Å². The van der Waals surface area contributed by atoms with Gasteiger partial charge in [0.1, 0.15) is 4.88 Å². The van der Waals surface area contributed by atoms with Crippen molar-refractivity contribution in [2.75, 3.05) is 0 Å². The molecule has 1 unspecified atom stereocenters. The number of hydrogen-bond acceptors (Lipinski definition) is 3. The topological polar surface area (TPSA) is 66.4 Å². The van der Waals surface area contributed by atoms with Crippen molar-refractivity contribution in [2.45, 2.75) is 32.2 Å². The number of carbonyl (C=O) groups excluding carboxylic acids is 1. The van der Waals surface area contributed by atoms with Crippen LogP contribution in [0.25, 0.3) is 10.1 Å². The fourth-order valence-corrected chi connectivity index (χ4v) is 3.50. The van der Waals surface area contributed by atoms with E-state index in [-0.39, 0.29) is 18.4 Å². The molecular weight excluding hydrogens is 310 g/mol. The standard InChI is InChI=1S/C15H16ClNO3S/c1-9(5-4-8-12(18)19)17-15(20)14-13(16)10-6-2-3-7-11(10)21-14/h2-3,6-7,9H,4-5,8H2,1H3,(H,17,20)(H,18,19). The van der Waals surface area contributed by atoms with Crippen LogP contribution in [0.4, 0.5) is 0 Å². The number of hydrogen-bond donors (Lipinski definition) is 2. The number of rotatable bonds is 6. The average Bonchev–Trinajstić information content (AvgIpc) is 2.76. The van der Waals surface area contributed by atoms with Gasteiger partial charge in [-0.3, -0.25) is 9.59 Å². The number of nitrogens with one attached hydrogen (secondary N) is 1. The van der Waals surface area contributed by atoms with Gasteiger partial charge in [0.25, 0.3) is 5.91 Å². The minimum absolute atomic E-state index is 0.0851. The van der Waals surface area contributed by atoms with Gasteiger partial charge in [0.05, 0.1) is 5.02 Å². The van der Waals surface area contributed by atoms with Crippen molar-refractivity contribution < 1.29 is 14.7 Å². The molecule has 0 aliphatic heterocycles. The molecule has 2 rings (SSSR count). The van der Waals surface area contributed by atoms with Crippen molar-refractivity contribution in [3.8, 4) is 0 Å². The Kier molecular flexibility index (Phi) is 5.20. The second-order valence-electron chi connectivity index (χ2n) is 4.90. The van der Waals surface area contributed by atoms with Crippen LogP contribution in [0, 0.1) is 0 Å². The lowest BCUT2D eigenvalue weighted by molar-refractivity contribution is -0.137. The smallest absolute Gasteiger partial charge is 0.303 e. The summed E-state index contributed by atoms with van der Waals surface area (Å²) in [6.45, 7) is 1.86. The van der Waals surface area contributed by atoms with Crippen molar-refractivity contribution in [3.63, 3.8) is 0 Å². The first-order chi connectivity index (χ1) is 9.99. The SMILES string of the molecule is CC(CCCC(=O)O)NC(=O)c1sc2ccccc2c1Cl. The maximum atomic E-state index is 12.2. The highest BCUT2D eigenvalue weighted by atomic mass is 35.5. The molecule has 0 radical (unpaired) electrons. The van der Waals surface area contributed by atoms with Crippen LogP contribution in [0.5, 0.6) is 0 Å². The van der Waals surface area contributed by atoms with Crippen LogP contribution >= 0.6 is 22.9 Å². The Hall–Kier alpha value is -1.59. The summed E-state index contributed by atoms with van der Waals surface area (Å²) in [4.78, 5) is 23.2. The van der Waals surface area contributed by atoms with E-state index in [4.69, 9.17) is 16.7 Å². The van der Waals surface area contributed by atoms with E-state index in [1.165, 1.54) is 11.3 Å². The molecule has 0 bridgehead atoms. The summed E-state index contributed by atoms with van der Waals surface area (Å²) >= 11 is 7.62. The Morgan fingerprint density at radius 2 is 2.10 bits per heavy atom. The Balaban J connectivity index is 2.01. The van der Waals surface area contributed by atoms with Crippen LogP contribution in [0.1, 0.15) is 35.9 Å². The van der Waals surface area contributed by atoms with E-state index in [2.05, 4.69) is 5.32 Å². The fourth-order valence-electron chi connectivity index (χ4n) is 2.08.